The summed E-state index contributed by atoms with van der Waals surface area (Å²) in [7, 11) is -3.84. The first-order valence-electron chi connectivity index (χ1n) is 10.4. The highest BCUT2D eigenvalue weighted by atomic mass is 32.2. The third-order valence-electron chi connectivity index (χ3n) is 4.73. The number of nitrogens with two attached hydrogens (primary N) is 1. The second-order valence-electron chi connectivity index (χ2n) is 7.44. The Hall–Kier alpha value is -3.67. The number of thioether (sulfide) groups is 1. The molecule has 0 saturated heterocycles. The van der Waals surface area contributed by atoms with Crippen molar-refractivity contribution in [2.45, 2.75) is 27.9 Å². The Kier molecular flexibility index (Phi) is 8.63. The third-order valence-corrected chi connectivity index (χ3v) is 6.91. The van der Waals surface area contributed by atoms with Crippen molar-refractivity contribution in [1.29, 1.82) is 0 Å². The van der Waals surface area contributed by atoms with Gasteiger partial charge in [-0.25, -0.2) is 13.6 Å². The molecule has 1 unspecified atom stereocenters. The minimum absolute atomic E-state index is 0.0632. The predicted molar refractivity (Wildman–Crippen MR) is 133 cm³/mol. The third kappa shape index (κ3) is 7.95. The molecule has 0 aliphatic carbocycles. The average Bonchev–Trinajstić information content (AvgIpc) is 2.82. The maximum absolute atomic E-state index is 13.2. The summed E-state index contributed by atoms with van der Waals surface area (Å²) in [5, 5.41) is 18.6. The zero-order chi connectivity index (χ0) is 25.4. The molecule has 3 aromatic carbocycles. The van der Waals surface area contributed by atoms with Crippen LogP contribution < -0.4 is 15.8 Å². The van der Waals surface area contributed by atoms with Gasteiger partial charge in [0.25, 0.3) is 0 Å². The van der Waals surface area contributed by atoms with E-state index in [9.17, 15) is 22.8 Å². The average molecular weight is 514 g/mol. The van der Waals surface area contributed by atoms with Crippen LogP contribution >= 0.6 is 11.8 Å². The zero-order valence-corrected chi connectivity index (χ0v) is 20.0. The highest BCUT2D eigenvalue weighted by Crippen LogP contribution is 2.37. The molecule has 0 bridgehead atoms. The molecule has 0 radical (unpaired) electrons. The van der Waals surface area contributed by atoms with Gasteiger partial charge < -0.3 is 15.7 Å². The maximum atomic E-state index is 13.2. The Labute approximate surface area is 206 Å². The fraction of sp³-hybridized carbons (Fsp3) is 0.125. The molecule has 5 N–H and O–H groups in total. The highest BCUT2D eigenvalue weighted by molar-refractivity contribution is 8.00. The summed E-state index contributed by atoms with van der Waals surface area (Å²) in [5.41, 5.74) is 1.63. The van der Waals surface area contributed by atoms with Gasteiger partial charge in [0, 0.05) is 22.7 Å². The lowest BCUT2D eigenvalue weighted by molar-refractivity contribution is -0.138. The number of amides is 2. The van der Waals surface area contributed by atoms with Crippen LogP contribution in [0, 0.1) is 0 Å². The van der Waals surface area contributed by atoms with Gasteiger partial charge in [0.05, 0.1) is 11.3 Å². The molecule has 35 heavy (non-hydrogen) atoms. The number of hydrogen-bond acceptors (Lipinski definition) is 6. The van der Waals surface area contributed by atoms with E-state index in [2.05, 4.69) is 10.6 Å². The van der Waals surface area contributed by atoms with E-state index in [1.54, 1.807) is 24.3 Å². The smallest absolute Gasteiger partial charge is 0.303 e. The van der Waals surface area contributed by atoms with Gasteiger partial charge in [-0.15, -0.1) is 11.8 Å². The summed E-state index contributed by atoms with van der Waals surface area (Å²) in [5.74, 6) is -1.81. The first kappa shape index (κ1) is 25.9. The molecular formula is C24H23N3O6S2. The summed E-state index contributed by atoms with van der Waals surface area (Å²) in [6, 6.07) is 21.5. The Morgan fingerprint density at radius 3 is 2.17 bits per heavy atom. The van der Waals surface area contributed by atoms with Crippen LogP contribution in [0.3, 0.4) is 0 Å². The van der Waals surface area contributed by atoms with Crippen molar-refractivity contribution in [3.8, 4) is 0 Å². The van der Waals surface area contributed by atoms with E-state index in [-0.39, 0.29) is 23.6 Å². The van der Waals surface area contributed by atoms with Crippen molar-refractivity contribution < 1.29 is 27.9 Å². The lowest BCUT2D eigenvalue weighted by Gasteiger charge is -2.18. The number of carbonyl (C=O) groups excluding carboxylic acids is 2. The highest BCUT2D eigenvalue weighted by Gasteiger charge is 2.23. The Morgan fingerprint density at radius 2 is 1.54 bits per heavy atom. The van der Waals surface area contributed by atoms with Gasteiger partial charge >= 0.3 is 5.97 Å². The molecule has 2 amide bonds. The molecule has 11 heteroatoms. The second-order valence-corrected chi connectivity index (χ2v) is 10.2. The van der Waals surface area contributed by atoms with Crippen LogP contribution in [-0.2, 0) is 24.4 Å². The molecular weight excluding hydrogens is 490 g/mol. The summed E-state index contributed by atoms with van der Waals surface area (Å²) in [4.78, 5) is 36.5. The molecule has 0 aliphatic rings. The fourth-order valence-corrected chi connectivity index (χ4v) is 4.66. The standard InChI is InChI=1S/C24H23N3O6S2/c25-35(32,33)20-11-9-17(10-12-20)27-24(31)23(16-5-2-1-3-6-16)34-19-8-4-7-18(15-19)26-21(28)13-14-22(29)30/h1-12,15,23H,13-14H2,(H,26,28)(H,27,31)(H,29,30)(H2,25,32,33). The molecule has 3 aromatic rings. The normalized spacial score (nSPS) is 11.9. The molecule has 182 valence electrons. The minimum atomic E-state index is -3.84. The summed E-state index contributed by atoms with van der Waals surface area (Å²) < 4.78 is 22.9. The molecule has 0 heterocycles. The molecule has 9 nitrogen and oxygen atoms in total. The number of carboxylic acids is 1. The zero-order valence-electron chi connectivity index (χ0n) is 18.4. The van der Waals surface area contributed by atoms with Crippen LogP contribution in [0.1, 0.15) is 23.7 Å². The number of primary sulfonamides is 1. The lowest BCUT2D eigenvalue weighted by atomic mass is 10.1. The van der Waals surface area contributed by atoms with Crippen LogP contribution in [0.15, 0.2) is 88.7 Å². The van der Waals surface area contributed by atoms with Crippen molar-refractivity contribution >= 4 is 50.9 Å². The number of nitrogens with one attached hydrogen (secondary N) is 2. The number of aliphatic carboxylic acids is 1. The topological polar surface area (TPSA) is 156 Å². The van der Waals surface area contributed by atoms with E-state index in [0.717, 1.165) is 5.56 Å². The van der Waals surface area contributed by atoms with E-state index in [1.807, 2.05) is 30.3 Å². The molecule has 0 saturated carbocycles. The fourth-order valence-electron chi connectivity index (χ4n) is 3.06. The molecule has 0 aromatic heterocycles. The van der Waals surface area contributed by atoms with Crippen LogP contribution in [0.5, 0.6) is 0 Å². The van der Waals surface area contributed by atoms with Crippen LogP contribution in [0.4, 0.5) is 11.4 Å². The van der Waals surface area contributed by atoms with E-state index in [0.29, 0.717) is 16.3 Å². The van der Waals surface area contributed by atoms with Gasteiger partial charge in [-0.1, -0.05) is 36.4 Å². The lowest BCUT2D eigenvalue weighted by Crippen LogP contribution is -2.19. The first-order chi connectivity index (χ1) is 16.6. The van der Waals surface area contributed by atoms with Gasteiger partial charge in [-0.05, 0) is 48.0 Å². The Morgan fingerprint density at radius 1 is 0.857 bits per heavy atom. The number of carbonyl (C=O) groups is 3. The predicted octanol–water partition coefficient (Wildman–Crippen LogP) is 3.61. The van der Waals surface area contributed by atoms with E-state index in [4.69, 9.17) is 10.2 Å². The van der Waals surface area contributed by atoms with Crippen LogP contribution in [0.2, 0.25) is 0 Å². The number of rotatable bonds is 10. The van der Waals surface area contributed by atoms with Crippen molar-refractivity contribution in [2.24, 2.45) is 5.14 Å². The summed E-state index contributed by atoms with van der Waals surface area (Å²) in [6.07, 6.45) is -0.416. The van der Waals surface area contributed by atoms with Crippen molar-refractivity contribution in [2.75, 3.05) is 10.6 Å². The van der Waals surface area contributed by atoms with Crippen molar-refractivity contribution in [1.82, 2.24) is 0 Å². The van der Waals surface area contributed by atoms with Gasteiger partial charge in [0.2, 0.25) is 21.8 Å². The van der Waals surface area contributed by atoms with Gasteiger partial charge in [0.15, 0.2) is 0 Å². The quantitative estimate of drug-likeness (QED) is 0.302. The van der Waals surface area contributed by atoms with Crippen molar-refractivity contribution in [3.63, 3.8) is 0 Å². The molecule has 3 rings (SSSR count). The summed E-state index contributed by atoms with van der Waals surface area (Å²) in [6.45, 7) is 0. The van der Waals surface area contributed by atoms with E-state index >= 15 is 0 Å². The van der Waals surface area contributed by atoms with Crippen LogP contribution in [-0.4, -0.2) is 31.3 Å². The maximum Gasteiger partial charge on any atom is 0.303 e. The van der Waals surface area contributed by atoms with Crippen molar-refractivity contribution in [3.05, 3.63) is 84.4 Å². The van der Waals surface area contributed by atoms with Gasteiger partial charge in [-0.3, -0.25) is 14.4 Å². The first-order valence-corrected chi connectivity index (χ1v) is 12.8. The molecule has 0 aliphatic heterocycles. The molecule has 0 spiro atoms. The number of anilines is 2. The van der Waals surface area contributed by atoms with Crippen LogP contribution in [0.25, 0.3) is 0 Å². The summed E-state index contributed by atoms with van der Waals surface area (Å²) >= 11 is 1.26. The number of sulfonamides is 1. The monoisotopic (exact) mass is 513 g/mol. The number of carboxylic acid groups (broad SMARTS) is 1. The molecule has 1 atom stereocenters. The Bertz CT molecular complexity index is 1310. The number of benzene rings is 3. The SMILES string of the molecule is NS(=O)(=O)c1ccc(NC(=O)C(Sc2cccc(NC(=O)CCC(=O)O)c2)c2ccccc2)cc1. The van der Waals surface area contributed by atoms with Gasteiger partial charge in [0.1, 0.15) is 5.25 Å². The largest absolute Gasteiger partial charge is 0.481 e. The Balaban J connectivity index is 1.78. The number of hydrogen-bond donors (Lipinski definition) is 4. The van der Waals surface area contributed by atoms with Gasteiger partial charge in [-0.2, -0.15) is 0 Å². The minimum Gasteiger partial charge on any atom is -0.481 e. The van der Waals surface area contributed by atoms with E-state index < -0.39 is 27.1 Å². The second kappa shape index (κ2) is 11.6. The molecule has 0 fully saturated rings. The van der Waals surface area contributed by atoms with E-state index in [1.165, 1.54) is 36.0 Å².